The van der Waals surface area contributed by atoms with Gasteiger partial charge in [-0.2, -0.15) is 0 Å². The smallest absolute Gasteiger partial charge is 0.317 e. The van der Waals surface area contributed by atoms with E-state index < -0.39 is 5.97 Å². The van der Waals surface area contributed by atoms with Gasteiger partial charge in [-0.15, -0.1) is 0 Å². The van der Waals surface area contributed by atoms with Gasteiger partial charge in [-0.05, 0) is 18.3 Å². The van der Waals surface area contributed by atoms with Crippen molar-refractivity contribution in [1.82, 2.24) is 10.2 Å². The van der Waals surface area contributed by atoms with Crippen molar-refractivity contribution in [3.8, 4) is 0 Å². The number of hydrogen-bond donors (Lipinski definition) is 2. The topological polar surface area (TPSA) is 69.6 Å². The van der Waals surface area contributed by atoms with E-state index in [1.807, 2.05) is 0 Å². The van der Waals surface area contributed by atoms with E-state index in [2.05, 4.69) is 19.2 Å². The fraction of sp³-hybridized carbons (Fsp3) is 0.846. The average Bonchev–Trinajstić information content (AvgIpc) is 2.18. The molecule has 0 aromatic heterocycles. The third-order valence-electron chi connectivity index (χ3n) is 4.32. The summed E-state index contributed by atoms with van der Waals surface area (Å²) in [5.41, 5.74) is 0.144. The van der Waals surface area contributed by atoms with Crippen molar-refractivity contribution in [1.29, 1.82) is 0 Å². The maximum atomic E-state index is 12.0. The zero-order chi connectivity index (χ0) is 13.3. The number of nitrogens with zero attached hydrogens (tertiary/aromatic N) is 1. The van der Waals surface area contributed by atoms with Crippen LogP contribution in [0.3, 0.4) is 0 Å². The maximum Gasteiger partial charge on any atom is 0.317 e. The Labute approximate surface area is 108 Å². The number of carbonyl (C=O) groups excluding carboxylic acids is 1. The van der Waals surface area contributed by atoms with E-state index in [1.165, 1.54) is 6.42 Å². The minimum atomic E-state index is -0.808. The van der Waals surface area contributed by atoms with Crippen LogP contribution in [-0.4, -0.2) is 41.1 Å². The first-order valence-electron chi connectivity index (χ1n) is 6.68. The lowest BCUT2D eigenvalue weighted by atomic mass is 9.73. The maximum absolute atomic E-state index is 12.0. The number of carboxylic acid groups (broad SMARTS) is 1. The first-order valence-corrected chi connectivity index (χ1v) is 6.68. The number of aliphatic carboxylic acids is 1. The van der Waals surface area contributed by atoms with Crippen LogP contribution in [0.25, 0.3) is 0 Å². The summed E-state index contributed by atoms with van der Waals surface area (Å²) in [4.78, 5) is 24.2. The summed E-state index contributed by atoms with van der Waals surface area (Å²) >= 11 is 0. The fourth-order valence-corrected chi connectivity index (χ4v) is 2.80. The average molecular weight is 254 g/mol. The molecule has 2 rings (SSSR count). The molecule has 0 spiro atoms. The van der Waals surface area contributed by atoms with E-state index in [4.69, 9.17) is 5.11 Å². The number of nitrogens with one attached hydrogen (secondary N) is 1. The Kier molecular flexibility index (Phi) is 3.50. The SMILES string of the molecule is CC1(C)CCCCC1NC(=O)N1CC(C(=O)O)C1. The molecule has 2 fully saturated rings. The van der Waals surface area contributed by atoms with Gasteiger partial charge in [0.05, 0.1) is 5.92 Å². The van der Waals surface area contributed by atoms with Gasteiger partial charge in [0.25, 0.3) is 0 Å². The molecule has 102 valence electrons. The van der Waals surface area contributed by atoms with Crippen LogP contribution in [0.4, 0.5) is 4.79 Å². The van der Waals surface area contributed by atoms with Crippen molar-refractivity contribution in [3.63, 3.8) is 0 Å². The van der Waals surface area contributed by atoms with Gasteiger partial charge < -0.3 is 15.3 Å². The van der Waals surface area contributed by atoms with Crippen molar-refractivity contribution in [3.05, 3.63) is 0 Å². The first-order chi connectivity index (χ1) is 8.40. The first kappa shape index (κ1) is 13.2. The fourth-order valence-electron chi connectivity index (χ4n) is 2.80. The molecule has 1 unspecified atom stereocenters. The number of carbonyl (C=O) groups is 2. The lowest BCUT2D eigenvalue weighted by Gasteiger charge is -2.42. The van der Waals surface area contributed by atoms with Crippen molar-refractivity contribution >= 4 is 12.0 Å². The van der Waals surface area contributed by atoms with Gasteiger partial charge in [-0.3, -0.25) is 4.79 Å². The summed E-state index contributed by atoms with van der Waals surface area (Å²) in [7, 11) is 0. The Bertz CT molecular complexity index is 348. The third kappa shape index (κ3) is 2.60. The van der Waals surface area contributed by atoms with Crippen LogP contribution in [0.2, 0.25) is 0 Å². The summed E-state index contributed by atoms with van der Waals surface area (Å²) in [6.45, 7) is 5.06. The van der Waals surface area contributed by atoms with E-state index in [0.29, 0.717) is 13.1 Å². The van der Waals surface area contributed by atoms with Crippen molar-refractivity contribution in [2.24, 2.45) is 11.3 Å². The highest BCUT2D eigenvalue weighted by Gasteiger charge is 2.39. The molecule has 0 bridgehead atoms. The second kappa shape index (κ2) is 4.78. The van der Waals surface area contributed by atoms with Crippen LogP contribution in [0, 0.1) is 11.3 Å². The van der Waals surface area contributed by atoms with Crippen LogP contribution in [-0.2, 0) is 4.79 Å². The molecular formula is C13H22N2O3. The zero-order valence-electron chi connectivity index (χ0n) is 11.1. The van der Waals surface area contributed by atoms with Gasteiger partial charge in [-0.25, -0.2) is 4.79 Å². The number of carboxylic acids is 1. The number of rotatable bonds is 2. The van der Waals surface area contributed by atoms with E-state index in [9.17, 15) is 9.59 Å². The summed E-state index contributed by atoms with van der Waals surface area (Å²) in [5, 5.41) is 11.8. The molecule has 1 heterocycles. The van der Waals surface area contributed by atoms with Crippen LogP contribution < -0.4 is 5.32 Å². The molecule has 2 aliphatic rings. The highest BCUT2D eigenvalue weighted by molar-refractivity contribution is 5.80. The van der Waals surface area contributed by atoms with Gasteiger partial charge in [0, 0.05) is 19.1 Å². The van der Waals surface area contributed by atoms with Crippen molar-refractivity contribution < 1.29 is 14.7 Å². The molecule has 1 atom stereocenters. The Morgan fingerprint density at radius 3 is 2.50 bits per heavy atom. The molecule has 18 heavy (non-hydrogen) atoms. The normalized spacial score (nSPS) is 27.4. The Balaban J connectivity index is 1.83. The molecule has 2 N–H and O–H groups in total. The summed E-state index contributed by atoms with van der Waals surface area (Å²) in [5.74, 6) is -1.19. The molecular weight excluding hydrogens is 232 g/mol. The predicted octanol–water partition coefficient (Wildman–Crippen LogP) is 1.68. The van der Waals surface area contributed by atoms with Gasteiger partial charge in [-0.1, -0.05) is 26.7 Å². The molecule has 1 saturated heterocycles. The van der Waals surface area contributed by atoms with Crippen LogP contribution in [0.5, 0.6) is 0 Å². The standard InChI is InChI=1S/C13H22N2O3/c1-13(2)6-4-3-5-10(13)14-12(18)15-7-9(8-15)11(16)17/h9-10H,3-8H2,1-2H3,(H,14,18)(H,16,17). The van der Waals surface area contributed by atoms with Gasteiger partial charge in [0.15, 0.2) is 0 Å². The predicted molar refractivity (Wildman–Crippen MR) is 67.3 cm³/mol. The van der Waals surface area contributed by atoms with E-state index in [-0.39, 0.29) is 23.4 Å². The van der Waals surface area contributed by atoms with Crippen molar-refractivity contribution in [2.45, 2.75) is 45.6 Å². The Morgan fingerprint density at radius 2 is 1.94 bits per heavy atom. The molecule has 5 heteroatoms. The molecule has 1 aliphatic carbocycles. The van der Waals surface area contributed by atoms with E-state index >= 15 is 0 Å². The molecule has 2 amide bonds. The quantitative estimate of drug-likeness (QED) is 0.787. The summed E-state index contributed by atoms with van der Waals surface area (Å²) in [6.07, 6.45) is 4.54. The minimum absolute atomic E-state index is 0.104. The molecule has 0 radical (unpaired) electrons. The largest absolute Gasteiger partial charge is 0.481 e. The summed E-state index contributed by atoms with van der Waals surface area (Å²) in [6, 6.07) is 0.107. The van der Waals surface area contributed by atoms with Crippen LogP contribution in [0.15, 0.2) is 0 Å². The third-order valence-corrected chi connectivity index (χ3v) is 4.32. The monoisotopic (exact) mass is 254 g/mol. The van der Waals surface area contributed by atoms with Crippen LogP contribution >= 0.6 is 0 Å². The Hall–Kier alpha value is -1.26. The van der Waals surface area contributed by atoms with E-state index in [0.717, 1.165) is 19.3 Å². The zero-order valence-corrected chi connectivity index (χ0v) is 11.1. The second-order valence-corrected chi connectivity index (χ2v) is 6.18. The molecule has 0 aromatic carbocycles. The lowest BCUT2D eigenvalue weighted by molar-refractivity contribution is -0.146. The molecule has 5 nitrogen and oxygen atoms in total. The minimum Gasteiger partial charge on any atom is -0.481 e. The Morgan fingerprint density at radius 1 is 1.28 bits per heavy atom. The number of amides is 2. The van der Waals surface area contributed by atoms with Crippen LogP contribution in [0.1, 0.15) is 39.5 Å². The molecule has 1 aliphatic heterocycles. The van der Waals surface area contributed by atoms with Crippen molar-refractivity contribution in [2.75, 3.05) is 13.1 Å². The second-order valence-electron chi connectivity index (χ2n) is 6.18. The number of hydrogen-bond acceptors (Lipinski definition) is 2. The lowest BCUT2D eigenvalue weighted by Crippen LogP contribution is -2.59. The van der Waals surface area contributed by atoms with Gasteiger partial charge in [0.2, 0.25) is 0 Å². The number of likely N-dealkylation sites (tertiary alicyclic amines) is 1. The highest BCUT2D eigenvalue weighted by Crippen LogP contribution is 2.35. The molecule has 0 aromatic rings. The highest BCUT2D eigenvalue weighted by atomic mass is 16.4. The van der Waals surface area contributed by atoms with E-state index in [1.54, 1.807) is 4.90 Å². The number of urea groups is 1. The van der Waals surface area contributed by atoms with Gasteiger partial charge >= 0.3 is 12.0 Å². The van der Waals surface area contributed by atoms with Gasteiger partial charge in [0.1, 0.15) is 0 Å². The molecule has 1 saturated carbocycles. The summed E-state index contributed by atoms with van der Waals surface area (Å²) < 4.78 is 0.